The van der Waals surface area contributed by atoms with E-state index >= 15 is 0 Å². The normalized spacial score (nSPS) is 8.88. The van der Waals surface area contributed by atoms with Gasteiger partial charge in [0.2, 0.25) is 0 Å². The Morgan fingerprint density at radius 1 is 1.38 bits per heavy atom. The Hall–Kier alpha value is 1.11. The first-order chi connectivity index (χ1) is 2.56. The van der Waals surface area contributed by atoms with Gasteiger partial charge >= 0.3 is 6.72 Å². The first-order valence-electron chi connectivity index (χ1n) is 1.17. The molecular weight excluding hydrogens is 194 g/mol. The number of hydrogen-bond donors (Lipinski definition) is 2. The second-order valence-corrected chi connectivity index (χ2v) is 3.45. The molecule has 0 aliphatic rings. The van der Waals surface area contributed by atoms with Crippen molar-refractivity contribution in [2.24, 2.45) is 0 Å². The standard InChI is InChI=1S/CH5O3PS.2ClH/c1-4-5(2,3)6;;/h1H3,(H2,2,3,6);2*1H. The van der Waals surface area contributed by atoms with Crippen molar-refractivity contribution in [1.29, 1.82) is 0 Å². The fraction of sp³-hybridized carbons (Fsp3) is 1.00. The summed E-state index contributed by atoms with van der Waals surface area (Å²) in [6, 6.07) is 0. The van der Waals surface area contributed by atoms with Crippen molar-refractivity contribution in [2.75, 3.05) is 7.11 Å². The fourth-order valence-corrected chi connectivity index (χ4v) is 0. The summed E-state index contributed by atoms with van der Waals surface area (Å²) in [6.45, 7) is -3.31. The maximum absolute atomic E-state index is 8.09. The molecule has 0 amide bonds. The molecule has 0 heterocycles. The molecule has 8 heavy (non-hydrogen) atoms. The Kier molecular flexibility index (Phi) is 12.5. The summed E-state index contributed by atoms with van der Waals surface area (Å²) in [5, 5.41) is 0. The lowest BCUT2D eigenvalue weighted by molar-refractivity contribution is 0.306. The summed E-state index contributed by atoms with van der Waals surface area (Å²) >= 11 is 3.99. The van der Waals surface area contributed by atoms with Gasteiger partial charge in [0, 0.05) is 7.11 Å². The predicted molar refractivity (Wildman–Crippen MR) is 40.2 cm³/mol. The van der Waals surface area contributed by atoms with Crippen LogP contribution in [0.4, 0.5) is 0 Å². The van der Waals surface area contributed by atoms with Gasteiger partial charge in [-0.3, -0.25) is 0 Å². The van der Waals surface area contributed by atoms with E-state index in [0.29, 0.717) is 0 Å². The highest BCUT2D eigenvalue weighted by atomic mass is 35.5. The molecule has 0 saturated heterocycles. The minimum absolute atomic E-state index is 0. The van der Waals surface area contributed by atoms with E-state index in [1.54, 1.807) is 0 Å². The molecule has 7 heteroatoms. The van der Waals surface area contributed by atoms with E-state index in [-0.39, 0.29) is 24.8 Å². The van der Waals surface area contributed by atoms with Gasteiger partial charge in [0.1, 0.15) is 0 Å². The van der Waals surface area contributed by atoms with Crippen molar-refractivity contribution >= 4 is 43.3 Å². The van der Waals surface area contributed by atoms with Crippen molar-refractivity contribution < 1.29 is 14.3 Å². The Bertz CT molecular complexity index is 81.4. The van der Waals surface area contributed by atoms with Gasteiger partial charge in [-0.15, -0.1) is 24.8 Å². The smallest absolute Gasteiger partial charge is 0.321 e. The van der Waals surface area contributed by atoms with Crippen molar-refractivity contribution in [3.05, 3.63) is 0 Å². The Morgan fingerprint density at radius 3 is 1.50 bits per heavy atom. The van der Waals surface area contributed by atoms with E-state index in [0.717, 1.165) is 7.11 Å². The maximum atomic E-state index is 8.09. The lowest BCUT2D eigenvalue weighted by Crippen LogP contribution is -1.75. The quantitative estimate of drug-likeness (QED) is 0.612. The molecule has 0 fully saturated rings. The summed E-state index contributed by atoms with van der Waals surface area (Å²) < 4.78 is 3.97. The fourth-order valence-electron chi connectivity index (χ4n) is 0. The van der Waals surface area contributed by atoms with Crippen LogP contribution in [0.1, 0.15) is 0 Å². The van der Waals surface area contributed by atoms with Gasteiger partial charge in [0.15, 0.2) is 0 Å². The second-order valence-electron chi connectivity index (χ2n) is 0.673. The first-order valence-corrected chi connectivity index (χ1v) is 3.80. The van der Waals surface area contributed by atoms with Crippen LogP contribution in [-0.4, -0.2) is 16.9 Å². The van der Waals surface area contributed by atoms with Gasteiger partial charge in [0.25, 0.3) is 0 Å². The molecule has 0 unspecified atom stereocenters. The predicted octanol–water partition coefficient (Wildman–Crippen LogP) is 0.685. The average molecular weight is 201 g/mol. The van der Waals surface area contributed by atoms with Crippen molar-refractivity contribution in [3.8, 4) is 0 Å². The van der Waals surface area contributed by atoms with Crippen molar-refractivity contribution in [3.63, 3.8) is 0 Å². The average Bonchev–Trinajstić information content (AvgIpc) is 1.35. The van der Waals surface area contributed by atoms with Gasteiger partial charge in [-0.2, -0.15) is 0 Å². The van der Waals surface area contributed by atoms with Gasteiger partial charge in [-0.1, -0.05) is 0 Å². The molecule has 0 aliphatic carbocycles. The lowest BCUT2D eigenvalue weighted by Gasteiger charge is -1.98. The highest BCUT2D eigenvalue weighted by Gasteiger charge is 1.99. The number of hydrogen-bond acceptors (Lipinski definition) is 2. The zero-order chi connectivity index (χ0) is 5.21. The molecule has 0 spiro atoms. The number of rotatable bonds is 1. The molecule has 0 aliphatic heterocycles. The van der Waals surface area contributed by atoms with E-state index in [1.165, 1.54) is 0 Å². The molecular formula is CH7Cl2O3PS. The zero-order valence-corrected chi connectivity index (χ0v) is 7.32. The van der Waals surface area contributed by atoms with Crippen LogP contribution in [0.15, 0.2) is 0 Å². The third kappa shape index (κ3) is 15.7. The molecule has 0 aromatic rings. The monoisotopic (exact) mass is 200 g/mol. The Morgan fingerprint density at radius 2 is 1.50 bits per heavy atom. The molecule has 54 valence electrons. The third-order valence-corrected chi connectivity index (χ3v) is 1.16. The summed E-state index contributed by atoms with van der Waals surface area (Å²) in [4.78, 5) is 16.2. The Labute approximate surface area is 65.1 Å². The molecule has 0 aromatic heterocycles. The molecule has 2 N–H and O–H groups in total. The van der Waals surface area contributed by atoms with Crippen LogP contribution in [0.3, 0.4) is 0 Å². The van der Waals surface area contributed by atoms with Crippen LogP contribution in [0.5, 0.6) is 0 Å². The van der Waals surface area contributed by atoms with Gasteiger partial charge in [0.05, 0.1) is 0 Å². The summed E-state index contributed by atoms with van der Waals surface area (Å²) in [5.74, 6) is 0. The molecule has 0 saturated carbocycles. The SMILES string of the molecule is COP(O)(O)=S.Cl.Cl. The summed E-state index contributed by atoms with van der Waals surface area (Å²) in [7, 11) is 1.15. The highest BCUT2D eigenvalue weighted by Crippen LogP contribution is 2.34. The lowest BCUT2D eigenvalue weighted by atomic mass is 11.8. The largest absolute Gasteiger partial charge is 0.325 e. The molecule has 3 nitrogen and oxygen atoms in total. The van der Waals surface area contributed by atoms with Crippen LogP contribution in [0.25, 0.3) is 0 Å². The van der Waals surface area contributed by atoms with E-state index < -0.39 is 6.72 Å². The minimum atomic E-state index is -3.31. The molecule has 0 bridgehead atoms. The van der Waals surface area contributed by atoms with Crippen LogP contribution < -0.4 is 0 Å². The van der Waals surface area contributed by atoms with Crippen LogP contribution in [0.2, 0.25) is 0 Å². The van der Waals surface area contributed by atoms with E-state index in [4.69, 9.17) is 9.79 Å². The van der Waals surface area contributed by atoms with Crippen LogP contribution >= 0.6 is 31.5 Å². The molecule has 0 rings (SSSR count). The third-order valence-electron chi connectivity index (χ3n) is 0.238. The van der Waals surface area contributed by atoms with E-state index in [1.807, 2.05) is 0 Å². The maximum Gasteiger partial charge on any atom is 0.321 e. The van der Waals surface area contributed by atoms with Crippen molar-refractivity contribution in [2.45, 2.75) is 0 Å². The van der Waals surface area contributed by atoms with E-state index in [2.05, 4.69) is 16.3 Å². The summed E-state index contributed by atoms with van der Waals surface area (Å²) in [5.41, 5.74) is 0. The van der Waals surface area contributed by atoms with E-state index in [9.17, 15) is 0 Å². The topological polar surface area (TPSA) is 49.7 Å². The molecule has 0 atom stereocenters. The summed E-state index contributed by atoms with van der Waals surface area (Å²) in [6.07, 6.45) is 0. The van der Waals surface area contributed by atoms with Gasteiger partial charge < -0.3 is 14.3 Å². The Balaban J connectivity index is -0.000000125. The van der Waals surface area contributed by atoms with Gasteiger partial charge in [-0.05, 0) is 11.8 Å². The molecule has 0 aromatic carbocycles. The number of halogens is 2. The molecule has 0 radical (unpaired) electrons. The van der Waals surface area contributed by atoms with Crippen molar-refractivity contribution in [1.82, 2.24) is 0 Å². The zero-order valence-electron chi connectivity index (χ0n) is 3.97. The highest BCUT2D eigenvalue weighted by molar-refractivity contribution is 8.06. The second kappa shape index (κ2) is 6.23. The van der Waals surface area contributed by atoms with Gasteiger partial charge in [-0.25, -0.2) is 0 Å². The van der Waals surface area contributed by atoms with Crippen LogP contribution in [0, 0.1) is 0 Å². The minimum Gasteiger partial charge on any atom is -0.325 e. The first kappa shape index (κ1) is 16.1. The van der Waals surface area contributed by atoms with Crippen LogP contribution in [-0.2, 0) is 16.3 Å².